The number of unbranched alkanes of at least 4 members (excludes halogenated alkanes) is 53. The number of amides is 1. The minimum Gasteiger partial charge on any atom is -0.394 e. The summed E-state index contributed by atoms with van der Waals surface area (Å²) in [7, 11) is 0. The van der Waals surface area contributed by atoms with Crippen LogP contribution in [0, 0.1) is 0 Å². The topological polar surface area (TPSA) is 189 Å². The number of aliphatic hydroxyl groups is 7. The second-order valence-corrected chi connectivity index (χ2v) is 27.4. The van der Waals surface area contributed by atoms with Gasteiger partial charge in [0.2, 0.25) is 5.91 Å². The molecule has 1 heterocycles. The SMILES string of the molecule is CCCCCCCCCCCCCCCCC/C=C\C/C=C\CCCCCCCCCCCCCCCCCCC(O)C(=O)NC(COC1OC(CO)C(O)C(O)C1O)C(O)C(O)CCCCCCCCCCCCCCCCCCCCCCCCC. The Balaban J connectivity index is 2.12. The summed E-state index contributed by atoms with van der Waals surface area (Å²) < 4.78 is 11.2. The van der Waals surface area contributed by atoms with E-state index in [1.54, 1.807) is 0 Å². The minimum absolute atomic E-state index is 0.263. The van der Waals surface area contributed by atoms with Gasteiger partial charge in [-0.25, -0.2) is 0 Å². The second-order valence-electron chi connectivity index (χ2n) is 27.4. The van der Waals surface area contributed by atoms with Crippen molar-refractivity contribution < 1.29 is 50.0 Å². The van der Waals surface area contributed by atoms with Crippen molar-refractivity contribution >= 4 is 5.91 Å². The zero-order chi connectivity index (χ0) is 63.9. The molecule has 9 atom stereocenters. The van der Waals surface area contributed by atoms with E-state index in [1.807, 2.05) is 0 Å². The van der Waals surface area contributed by atoms with Crippen LogP contribution in [0.2, 0.25) is 0 Å². The van der Waals surface area contributed by atoms with Crippen molar-refractivity contribution in [3.05, 3.63) is 24.3 Å². The molecule has 1 fully saturated rings. The lowest BCUT2D eigenvalue weighted by molar-refractivity contribution is -0.303. The molecule has 11 heteroatoms. The summed E-state index contributed by atoms with van der Waals surface area (Å²) in [4.78, 5) is 13.3. The number of hydrogen-bond donors (Lipinski definition) is 8. The van der Waals surface area contributed by atoms with E-state index in [0.29, 0.717) is 19.3 Å². The average molecular weight is 1250 g/mol. The molecule has 1 aliphatic heterocycles. The summed E-state index contributed by atoms with van der Waals surface area (Å²) in [6.45, 7) is 3.53. The Morgan fingerprint density at radius 2 is 0.693 bits per heavy atom. The molecule has 1 saturated heterocycles. The number of rotatable bonds is 69. The minimum atomic E-state index is -1.66. The molecule has 0 spiro atoms. The van der Waals surface area contributed by atoms with Crippen LogP contribution in [-0.4, -0.2) is 110 Å². The van der Waals surface area contributed by atoms with Gasteiger partial charge in [-0.2, -0.15) is 0 Å². The van der Waals surface area contributed by atoms with Gasteiger partial charge >= 0.3 is 0 Å². The summed E-state index contributed by atoms with van der Waals surface area (Å²) >= 11 is 0. The maximum atomic E-state index is 13.3. The van der Waals surface area contributed by atoms with E-state index in [0.717, 1.165) is 44.9 Å². The summed E-state index contributed by atoms with van der Waals surface area (Å²) in [5, 5.41) is 76.7. The van der Waals surface area contributed by atoms with Crippen LogP contribution in [0.3, 0.4) is 0 Å². The molecule has 1 amide bonds. The monoisotopic (exact) mass is 1250 g/mol. The Morgan fingerprint density at radius 1 is 0.398 bits per heavy atom. The van der Waals surface area contributed by atoms with Gasteiger partial charge in [0.1, 0.15) is 36.6 Å². The highest BCUT2D eigenvalue weighted by atomic mass is 16.7. The van der Waals surface area contributed by atoms with Gasteiger partial charge in [0.05, 0.1) is 25.4 Å². The Morgan fingerprint density at radius 3 is 1.01 bits per heavy atom. The first-order valence-corrected chi connectivity index (χ1v) is 38.7. The highest BCUT2D eigenvalue weighted by molar-refractivity contribution is 5.80. The molecule has 522 valence electrons. The number of aliphatic hydroxyl groups excluding tert-OH is 7. The van der Waals surface area contributed by atoms with Gasteiger partial charge in [-0.3, -0.25) is 4.79 Å². The number of allylic oxidation sites excluding steroid dienone is 4. The molecule has 0 aromatic carbocycles. The van der Waals surface area contributed by atoms with Crippen LogP contribution < -0.4 is 5.32 Å². The summed E-state index contributed by atoms with van der Waals surface area (Å²) in [6, 6.07) is -1.17. The van der Waals surface area contributed by atoms with Gasteiger partial charge in [0.15, 0.2) is 6.29 Å². The molecule has 11 nitrogen and oxygen atoms in total. The Hall–Kier alpha value is -1.41. The fraction of sp³-hybridized carbons (Fsp3) is 0.935. The van der Waals surface area contributed by atoms with Crippen molar-refractivity contribution in [3.8, 4) is 0 Å². The van der Waals surface area contributed by atoms with Gasteiger partial charge in [-0.1, -0.05) is 372 Å². The smallest absolute Gasteiger partial charge is 0.249 e. The van der Waals surface area contributed by atoms with Gasteiger partial charge in [-0.05, 0) is 44.9 Å². The first-order chi connectivity index (χ1) is 43.2. The van der Waals surface area contributed by atoms with Crippen molar-refractivity contribution in [3.63, 3.8) is 0 Å². The quantitative estimate of drug-likeness (QED) is 0.0215. The van der Waals surface area contributed by atoms with Crippen LogP contribution in [0.4, 0.5) is 0 Å². The van der Waals surface area contributed by atoms with Crippen LogP contribution in [0.25, 0.3) is 0 Å². The number of ether oxygens (including phenoxy) is 2. The lowest BCUT2D eigenvalue weighted by Gasteiger charge is -2.40. The summed E-state index contributed by atoms with van der Waals surface area (Å²) in [5.74, 6) is -0.689. The molecule has 8 N–H and O–H groups in total. The first-order valence-electron chi connectivity index (χ1n) is 38.7. The molecule has 0 radical (unpaired) electrons. The highest BCUT2D eigenvalue weighted by Gasteiger charge is 2.44. The zero-order valence-corrected chi connectivity index (χ0v) is 58.0. The van der Waals surface area contributed by atoms with Crippen LogP contribution in [0.5, 0.6) is 0 Å². The van der Waals surface area contributed by atoms with Gasteiger partial charge in [0.25, 0.3) is 0 Å². The fourth-order valence-corrected chi connectivity index (χ4v) is 12.8. The maximum Gasteiger partial charge on any atom is 0.249 e. The third-order valence-electron chi connectivity index (χ3n) is 19.0. The lowest BCUT2D eigenvalue weighted by atomic mass is 9.98. The van der Waals surface area contributed by atoms with E-state index >= 15 is 0 Å². The van der Waals surface area contributed by atoms with E-state index in [4.69, 9.17) is 9.47 Å². The molecule has 0 aliphatic carbocycles. The Labute approximate surface area is 544 Å². The normalized spacial score (nSPS) is 18.7. The van der Waals surface area contributed by atoms with Crippen LogP contribution in [-0.2, 0) is 14.3 Å². The van der Waals surface area contributed by atoms with E-state index in [9.17, 15) is 40.5 Å². The van der Waals surface area contributed by atoms with Crippen LogP contribution >= 0.6 is 0 Å². The Kier molecular flexibility index (Phi) is 63.1. The maximum absolute atomic E-state index is 13.3. The molecular formula is C77H149NO10. The van der Waals surface area contributed by atoms with Crippen LogP contribution in [0.1, 0.15) is 393 Å². The second kappa shape index (κ2) is 65.6. The summed E-state index contributed by atoms with van der Waals surface area (Å²) in [6.07, 6.45) is 72.8. The summed E-state index contributed by atoms with van der Waals surface area (Å²) in [5.41, 5.74) is 0. The predicted molar refractivity (Wildman–Crippen MR) is 372 cm³/mol. The third kappa shape index (κ3) is 52.0. The number of carbonyl (C=O) groups excluding carboxylic acids is 1. The van der Waals surface area contributed by atoms with Crippen LogP contribution in [0.15, 0.2) is 24.3 Å². The molecule has 0 aromatic heterocycles. The third-order valence-corrected chi connectivity index (χ3v) is 19.0. The molecule has 9 unspecified atom stereocenters. The van der Waals surface area contributed by atoms with Crippen molar-refractivity contribution in [1.29, 1.82) is 0 Å². The van der Waals surface area contributed by atoms with Gasteiger partial charge < -0.3 is 50.5 Å². The first kappa shape index (κ1) is 84.6. The standard InChI is InChI=1S/C77H149NO10/c1-3-5-7-9-11-13-15-17-19-21-23-25-27-28-29-30-31-32-33-34-35-36-37-38-39-40-41-43-45-47-49-51-53-55-57-59-61-63-65-70(81)76(86)78-68(67-87-77-75(85)74(84)73(83)71(66-79)88-77)72(82)69(80)64-62-60-58-56-54-52-50-48-46-44-42-26-24-22-20-18-16-14-12-10-8-6-4-2/h31-32,34-35,68-75,77,79-85H,3-30,33,36-67H2,1-2H3,(H,78,86)/b32-31-,35-34-. The average Bonchev–Trinajstić information content (AvgIpc) is 3.73. The molecule has 0 bridgehead atoms. The largest absolute Gasteiger partial charge is 0.394 e. The van der Waals surface area contributed by atoms with Crippen molar-refractivity contribution in [2.45, 2.75) is 448 Å². The number of nitrogens with one attached hydrogen (secondary N) is 1. The van der Waals surface area contributed by atoms with Crippen molar-refractivity contribution in [2.75, 3.05) is 13.2 Å². The van der Waals surface area contributed by atoms with E-state index in [1.165, 1.54) is 308 Å². The van der Waals surface area contributed by atoms with E-state index in [-0.39, 0.29) is 6.42 Å². The predicted octanol–water partition coefficient (Wildman–Crippen LogP) is 19.5. The number of hydrogen-bond acceptors (Lipinski definition) is 10. The van der Waals surface area contributed by atoms with Crippen molar-refractivity contribution in [1.82, 2.24) is 5.32 Å². The highest BCUT2D eigenvalue weighted by Crippen LogP contribution is 2.24. The lowest BCUT2D eigenvalue weighted by Crippen LogP contribution is -2.60. The van der Waals surface area contributed by atoms with E-state index in [2.05, 4.69) is 43.5 Å². The fourth-order valence-electron chi connectivity index (χ4n) is 12.8. The molecule has 88 heavy (non-hydrogen) atoms. The molecular weight excluding hydrogens is 1100 g/mol. The molecule has 0 saturated carbocycles. The van der Waals surface area contributed by atoms with E-state index < -0.39 is 74.2 Å². The zero-order valence-electron chi connectivity index (χ0n) is 58.0. The molecule has 0 aromatic rings. The number of carbonyl (C=O) groups is 1. The van der Waals surface area contributed by atoms with Gasteiger partial charge in [0, 0.05) is 0 Å². The molecule has 1 rings (SSSR count). The molecule has 1 aliphatic rings. The van der Waals surface area contributed by atoms with Crippen molar-refractivity contribution in [2.24, 2.45) is 0 Å². The Bertz CT molecular complexity index is 1480. The van der Waals surface area contributed by atoms with Gasteiger partial charge in [-0.15, -0.1) is 0 Å².